The maximum Gasteiger partial charge on any atom is 0.272 e. The first kappa shape index (κ1) is 17.1. The number of fused-ring (bicyclic) bond motifs is 1. The highest BCUT2D eigenvalue weighted by Gasteiger charge is 2.15. The largest absolute Gasteiger partial charge is 0.497 e. The molecule has 0 bridgehead atoms. The van der Waals surface area contributed by atoms with Gasteiger partial charge in [-0.1, -0.05) is 45.0 Å². The van der Waals surface area contributed by atoms with Crippen LogP contribution < -0.4 is 4.74 Å². The molecule has 27 heavy (non-hydrogen) atoms. The number of rotatable bonds is 3. The van der Waals surface area contributed by atoms with Crippen molar-refractivity contribution >= 4 is 5.78 Å². The minimum atomic E-state index is 0.110. The lowest BCUT2D eigenvalue weighted by molar-refractivity contribution is 0.415. The van der Waals surface area contributed by atoms with Gasteiger partial charge in [0, 0.05) is 11.1 Å². The van der Waals surface area contributed by atoms with Crippen LogP contribution in [0.5, 0.6) is 5.75 Å². The van der Waals surface area contributed by atoms with E-state index in [1.807, 2.05) is 24.3 Å². The van der Waals surface area contributed by atoms with Crippen LogP contribution in [0.1, 0.15) is 26.3 Å². The van der Waals surface area contributed by atoms with Crippen LogP contribution in [0.25, 0.3) is 28.4 Å². The molecule has 2 aromatic carbocycles. The van der Waals surface area contributed by atoms with Crippen molar-refractivity contribution < 1.29 is 4.74 Å². The van der Waals surface area contributed by atoms with Crippen molar-refractivity contribution in [3.05, 3.63) is 60.3 Å². The molecule has 0 spiro atoms. The van der Waals surface area contributed by atoms with Crippen molar-refractivity contribution in [2.75, 3.05) is 7.11 Å². The number of benzene rings is 2. The van der Waals surface area contributed by atoms with Gasteiger partial charge < -0.3 is 4.74 Å². The van der Waals surface area contributed by atoms with E-state index in [1.165, 1.54) is 5.56 Å². The van der Waals surface area contributed by atoms with Crippen LogP contribution in [0, 0.1) is 0 Å². The molecule has 0 atom stereocenters. The zero-order chi connectivity index (χ0) is 19.0. The van der Waals surface area contributed by atoms with Gasteiger partial charge in [-0.15, -0.1) is 10.2 Å². The Kier molecular flexibility index (Phi) is 4.11. The second kappa shape index (κ2) is 6.46. The molecule has 6 heteroatoms. The van der Waals surface area contributed by atoms with Gasteiger partial charge in [0.1, 0.15) is 5.75 Å². The van der Waals surface area contributed by atoms with E-state index in [9.17, 15) is 0 Å². The van der Waals surface area contributed by atoms with Gasteiger partial charge in [0.2, 0.25) is 0 Å². The molecular weight excluding hydrogens is 338 g/mol. The third-order valence-electron chi connectivity index (χ3n) is 4.54. The van der Waals surface area contributed by atoms with Gasteiger partial charge in [-0.3, -0.25) is 0 Å². The fourth-order valence-corrected chi connectivity index (χ4v) is 2.90. The zero-order valence-electron chi connectivity index (χ0n) is 15.8. The summed E-state index contributed by atoms with van der Waals surface area (Å²) in [7, 11) is 1.65. The molecule has 0 aliphatic carbocycles. The topological polar surface area (TPSA) is 65.2 Å². The molecule has 0 saturated carbocycles. The Labute approximate surface area is 157 Å². The second-order valence-electron chi connectivity index (χ2n) is 7.43. The predicted octanol–water partition coefficient (Wildman–Crippen LogP) is 4.16. The average Bonchev–Trinajstić information content (AvgIpc) is 3.10. The van der Waals surface area contributed by atoms with Gasteiger partial charge in [-0.25, -0.2) is 4.98 Å². The Morgan fingerprint density at radius 2 is 1.52 bits per heavy atom. The lowest BCUT2D eigenvalue weighted by Crippen LogP contribution is -2.10. The Bertz CT molecular complexity index is 1080. The maximum absolute atomic E-state index is 5.19. The highest BCUT2D eigenvalue weighted by atomic mass is 16.5. The van der Waals surface area contributed by atoms with E-state index in [0.717, 1.165) is 22.6 Å². The Balaban J connectivity index is 1.70. The highest BCUT2D eigenvalue weighted by molar-refractivity contribution is 5.62. The van der Waals surface area contributed by atoms with E-state index < -0.39 is 0 Å². The number of hydrogen-bond donors (Lipinski definition) is 0. The fourth-order valence-electron chi connectivity index (χ4n) is 2.90. The summed E-state index contributed by atoms with van der Waals surface area (Å²) in [5, 5.41) is 13.0. The molecule has 0 N–H and O–H groups in total. The summed E-state index contributed by atoms with van der Waals surface area (Å²) in [4.78, 5) is 4.59. The molecule has 4 aromatic rings. The van der Waals surface area contributed by atoms with Crippen molar-refractivity contribution in [3.8, 4) is 28.4 Å². The molecule has 0 amide bonds. The van der Waals surface area contributed by atoms with Gasteiger partial charge in [-0.05, 0) is 35.2 Å². The Morgan fingerprint density at radius 1 is 0.852 bits per heavy atom. The summed E-state index contributed by atoms with van der Waals surface area (Å²) in [5.41, 5.74) is 4.03. The summed E-state index contributed by atoms with van der Waals surface area (Å²) in [6.07, 6.45) is 1.73. The molecule has 0 fully saturated rings. The highest BCUT2D eigenvalue weighted by Crippen LogP contribution is 2.26. The van der Waals surface area contributed by atoms with Crippen molar-refractivity contribution in [1.29, 1.82) is 0 Å². The summed E-state index contributed by atoms with van der Waals surface area (Å²) in [6, 6.07) is 16.0. The minimum Gasteiger partial charge on any atom is -0.497 e. The number of ether oxygens (including phenoxy) is 1. The second-order valence-corrected chi connectivity index (χ2v) is 7.43. The van der Waals surface area contributed by atoms with Crippen LogP contribution in [0.4, 0.5) is 0 Å². The predicted molar refractivity (Wildman–Crippen MR) is 105 cm³/mol. The van der Waals surface area contributed by atoms with Crippen molar-refractivity contribution in [3.63, 3.8) is 0 Å². The van der Waals surface area contributed by atoms with Gasteiger partial charge >= 0.3 is 0 Å². The first-order valence-electron chi connectivity index (χ1n) is 8.79. The van der Waals surface area contributed by atoms with E-state index in [4.69, 9.17) is 4.74 Å². The number of methoxy groups -OCH3 is 1. The molecule has 136 valence electrons. The van der Waals surface area contributed by atoms with Crippen LogP contribution >= 0.6 is 0 Å². The first-order chi connectivity index (χ1) is 13.0. The summed E-state index contributed by atoms with van der Waals surface area (Å²) < 4.78 is 6.86. The summed E-state index contributed by atoms with van der Waals surface area (Å²) >= 11 is 0. The van der Waals surface area contributed by atoms with Crippen LogP contribution in [0.15, 0.2) is 54.7 Å². The molecule has 0 radical (unpaired) electrons. The van der Waals surface area contributed by atoms with Crippen molar-refractivity contribution in [2.45, 2.75) is 26.2 Å². The molecule has 4 rings (SSSR count). The van der Waals surface area contributed by atoms with Crippen LogP contribution in [0.3, 0.4) is 0 Å². The van der Waals surface area contributed by atoms with E-state index in [2.05, 4.69) is 65.3 Å². The molecule has 6 nitrogen and oxygen atoms in total. The molecule has 0 unspecified atom stereocenters. The molecule has 0 aliphatic rings. The normalized spacial score (nSPS) is 11.7. The zero-order valence-corrected chi connectivity index (χ0v) is 15.8. The third-order valence-corrected chi connectivity index (χ3v) is 4.54. The standard InChI is InChI=1S/C21H21N5O/c1-21(2,3)16-9-5-15(6-10-16)19-24-25-20-23-18(13-22-26(19)20)14-7-11-17(27-4)12-8-14/h5-13H,1-4H3. The van der Waals surface area contributed by atoms with E-state index in [1.54, 1.807) is 17.8 Å². The smallest absolute Gasteiger partial charge is 0.272 e. The van der Waals surface area contributed by atoms with E-state index in [0.29, 0.717) is 11.6 Å². The van der Waals surface area contributed by atoms with Crippen LogP contribution in [-0.4, -0.2) is 31.9 Å². The number of aromatic nitrogens is 5. The molecule has 2 aromatic heterocycles. The van der Waals surface area contributed by atoms with Crippen molar-refractivity contribution in [2.24, 2.45) is 0 Å². The van der Waals surface area contributed by atoms with E-state index >= 15 is 0 Å². The average molecular weight is 359 g/mol. The Hall–Kier alpha value is -3.28. The number of nitrogens with zero attached hydrogens (tertiary/aromatic N) is 5. The monoisotopic (exact) mass is 359 g/mol. The van der Waals surface area contributed by atoms with Crippen LogP contribution in [0.2, 0.25) is 0 Å². The molecule has 2 heterocycles. The summed E-state index contributed by atoms with van der Waals surface area (Å²) in [6.45, 7) is 6.59. The van der Waals surface area contributed by atoms with Gasteiger partial charge in [0.05, 0.1) is 19.0 Å². The molecule has 0 aliphatic heterocycles. The number of hydrogen-bond acceptors (Lipinski definition) is 5. The fraction of sp³-hybridized carbons (Fsp3) is 0.238. The first-order valence-corrected chi connectivity index (χ1v) is 8.79. The lowest BCUT2D eigenvalue weighted by atomic mass is 9.87. The van der Waals surface area contributed by atoms with Crippen LogP contribution in [-0.2, 0) is 5.41 Å². The lowest BCUT2D eigenvalue weighted by Gasteiger charge is -2.18. The van der Waals surface area contributed by atoms with Gasteiger partial charge in [0.15, 0.2) is 5.82 Å². The minimum absolute atomic E-state index is 0.110. The van der Waals surface area contributed by atoms with E-state index in [-0.39, 0.29) is 5.41 Å². The third kappa shape index (κ3) is 3.26. The van der Waals surface area contributed by atoms with Gasteiger partial charge in [-0.2, -0.15) is 9.61 Å². The molecule has 0 saturated heterocycles. The van der Waals surface area contributed by atoms with Gasteiger partial charge in [0.25, 0.3) is 5.78 Å². The van der Waals surface area contributed by atoms with Crippen molar-refractivity contribution in [1.82, 2.24) is 24.8 Å². The molecular formula is C21H21N5O. The quantitative estimate of drug-likeness (QED) is 0.549. The SMILES string of the molecule is COc1ccc(-c2cnn3c(-c4ccc(C(C)(C)C)cc4)nnc3n2)cc1. The summed E-state index contributed by atoms with van der Waals surface area (Å²) in [5.74, 6) is 1.95. The maximum atomic E-state index is 5.19. The Morgan fingerprint density at radius 3 is 2.15 bits per heavy atom.